The van der Waals surface area contributed by atoms with Crippen molar-refractivity contribution >= 4 is 24.1 Å². The second-order valence-electron chi connectivity index (χ2n) is 7.30. The van der Waals surface area contributed by atoms with Gasteiger partial charge in [0.05, 0.1) is 12.1 Å². The summed E-state index contributed by atoms with van der Waals surface area (Å²) >= 11 is 6.66. The van der Waals surface area contributed by atoms with Crippen LogP contribution in [0.5, 0.6) is 5.75 Å². The summed E-state index contributed by atoms with van der Waals surface area (Å²) in [7, 11) is 1.67. The number of hydrogen-bond donors (Lipinski definition) is 1. The van der Waals surface area contributed by atoms with E-state index in [9.17, 15) is 4.79 Å². The zero-order valence-electron chi connectivity index (χ0n) is 17.6. The van der Waals surface area contributed by atoms with E-state index in [0.29, 0.717) is 5.92 Å². The number of allylic oxidation sites excluding steroid dienone is 2. The van der Waals surface area contributed by atoms with Gasteiger partial charge in [0.2, 0.25) is 6.41 Å². The van der Waals surface area contributed by atoms with Crippen LogP contribution < -0.4 is 10.1 Å². The number of ether oxygens (including phenoxy) is 1. The van der Waals surface area contributed by atoms with Crippen molar-refractivity contribution < 1.29 is 9.53 Å². The highest BCUT2D eigenvalue weighted by Gasteiger charge is 2.17. The molecule has 1 aromatic heterocycles. The number of carbonyl (C=O) groups is 1. The summed E-state index contributed by atoms with van der Waals surface area (Å²) in [5.74, 6) is 1.13. The minimum Gasteiger partial charge on any atom is -0.497 e. The zero-order valence-corrected chi connectivity index (χ0v) is 18.3. The summed E-state index contributed by atoms with van der Waals surface area (Å²) in [5, 5.41) is 3.43. The van der Waals surface area contributed by atoms with Crippen molar-refractivity contribution in [3.8, 4) is 11.4 Å². The number of halogens is 1. The average Bonchev–Trinajstić information content (AvgIpc) is 3.05. The Labute approximate surface area is 179 Å². The normalized spacial score (nSPS) is 11.6. The van der Waals surface area contributed by atoms with Gasteiger partial charge in [0.25, 0.3) is 0 Å². The predicted octanol–water partition coefficient (Wildman–Crippen LogP) is 6.14. The Morgan fingerprint density at radius 3 is 2.55 bits per heavy atom. The van der Waals surface area contributed by atoms with Crippen molar-refractivity contribution in [2.75, 3.05) is 13.7 Å². The molecule has 0 aliphatic heterocycles. The largest absolute Gasteiger partial charge is 0.497 e. The molecule has 0 radical (unpaired) electrons. The fourth-order valence-electron chi connectivity index (χ4n) is 3.40. The molecule has 2 aromatic rings. The van der Waals surface area contributed by atoms with Crippen molar-refractivity contribution in [2.24, 2.45) is 0 Å². The van der Waals surface area contributed by atoms with Crippen LogP contribution in [0.4, 0.5) is 0 Å². The molecule has 1 amide bonds. The lowest BCUT2D eigenvalue weighted by Gasteiger charge is -2.14. The van der Waals surface area contributed by atoms with E-state index < -0.39 is 0 Å². The van der Waals surface area contributed by atoms with Crippen molar-refractivity contribution in [3.63, 3.8) is 0 Å². The lowest BCUT2D eigenvalue weighted by atomic mass is 10.0. The molecule has 0 spiro atoms. The molecular formula is C24H31ClN2O2. The van der Waals surface area contributed by atoms with Gasteiger partial charge in [-0.05, 0) is 61.1 Å². The van der Waals surface area contributed by atoms with Crippen LogP contribution >= 0.6 is 11.6 Å². The summed E-state index contributed by atoms with van der Waals surface area (Å²) in [4.78, 5) is 10.3. The van der Waals surface area contributed by atoms with Crippen LogP contribution in [0.1, 0.15) is 56.7 Å². The molecule has 156 valence electrons. The molecule has 2 rings (SSSR count). The van der Waals surface area contributed by atoms with Gasteiger partial charge in [0.15, 0.2) is 0 Å². The molecule has 29 heavy (non-hydrogen) atoms. The van der Waals surface area contributed by atoms with Gasteiger partial charge in [-0.1, -0.05) is 44.5 Å². The Morgan fingerprint density at radius 2 is 1.97 bits per heavy atom. The molecular weight excluding hydrogens is 384 g/mol. The van der Waals surface area contributed by atoms with E-state index in [4.69, 9.17) is 16.3 Å². The number of methoxy groups -OCH3 is 1. The minimum absolute atomic E-state index is 0.302. The number of benzene rings is 1. The number of aromatic nitrogens is 1. The van der Waals surface area contributed by atoms with Gasteiger partial charge < -0.3 is 14.6 Å². The van der Waals surface area contributed by atoms with Gasteiger partial charge in [-0.2, -0.15) is 0 Å². The lowest BCUT2D eigenvalue weighted by molar-refractivity contribution is -0.109. The number of nitrogens with one attached hydrogen (secondary N) is 1. The molecule has 4 nitrogen and oxygen atoms in total. The summed E-state index contributed by atoms with van der Waals surface area (Å²) < 4.78 is 7.43. The Balaban J connectivity index is 2.26. The first-order valence-electron chi connectivity index (χ1n) is 10.1. The molecule has 0 atom stereocenters. The zero-order chi connectivity index (χ0) is 21.2. The van der Waals surface area contributed by atoms with Crippen molar-refractivity contribution in [1.29, 1.82) is 0 Å². The Hall–Kier alpha value is -2.46. The molecule has 0 unspecified atom stereocenters. The molecule has 1 aromatic carbocycles. The van der Waals surface area contributed by atoms with Crippen molar-refractivity contribution in [3.05, 3.63) is 65.0 Å². The molecule has 0 bridgehead atoms. The maximum Gasteiger partial charge on any atom is 0.207 e. The van der Waals surface area contributed by atoms with Crippen LogP contribution in [-0.4, -0.2) is 24.6 Å². The SMILES string of the molecule is C=C/C(=C\c1c(Cl)cn(-c2ccc(OC)cc2)c1C(C)C)CCCCCNC=O. The topological polar surface area (TPSA) is 43.3 Å². The fraction of sp³-hybridized carbons (Fsp3) is 0.375. The van der Waals surface area contributed by atoms with Gasteiger partial charge in [-0.15, -0.1) is 0 Å². The fourth-order valence-corrected chi connectivity index (χ4v) is 3.65. The summed E-state index contributed by atoms with van der Waals surface area (Å²) in [6.07, 6.45) is 10.8. The van der Waals surface area contributed by atoms with Crippen LogP contribution in [0.3, 0.4) is 0 Å². The minimum atomic E-state index is 0.302. The number of nitrogens with zero attached hydrogens (tertiary/aromatic N) is 1. The highest BCUT2D eigenvalue weighted by molar-refractivity contribution is 6.32. The van der Waals surface area contributed by atoms with Gasteiger partial charge >= 0.3 is 0 Å². The second kappa shape index (κ2) is 11.5. The molecule has 0 fully saturated rings. The Kier molecular flexibility index (Phi) is 9.07. The number of rotatable bonds is 12. The van der Waals surface area contributed by atoms with Gasteiger partial charge in [-0.25, -0.2) is 0 Å². The smallest absolute Gasteiger partial charge is 0.207 e. The van der Waals surface area contributed by atoms with Crippen LogP contribution in [0, 0.1) is 0 Å². The first kappa shape index (κ1) is 22.8. The van der Waals surface area contributed by atoms with Gasteiger partial charge in [0.1, 0.15) is 5.75 Å². The van der Waals surface area contributed by atoms with Crippen molar-refractivity contribution in [1.82, 2.24) is 9.88 Å². The Bertz CT molecular complexity index is 835. The van der Waals surface area contributed by atoms with Crippen LogP contribution in [0.15, 0.2) is 48.7 Å². The van der Waals surface area contributed by atoms with E-state index in [1.54, 1.807) is 7.11 Å². The monoisotopic (exact) mass is 414 g/mol. The third kappa shape index (κ3) is 6.26. The molecule has 1 heterocycles. The number of unbranched alkanes of at least 4 members (excludes halogenated alkanes) is 2. The molecule has 0 aliphatic rings. The number of amides is 1. The van der Waals surface area contributed by atoms with E-state index in [2.05, 4.69) is 36.4 Å². The van der Waals surface area contributed by atoms with Crippen LogP contribution in [0.2, 0.25) is 5.02 Å². The first-order chi connectivity index (χ1) is 14.0. The third-order valence-electron chi connectivity index (χ3n) is 4.89. The molecule has 5 heteroatoms. The van der Waals surface area contributed by atoms with Crippen molar-refractivity contribution in [2.45, 2.75) is 45.4 Å². The highest BCUT2D eigenvalue weighted by atomic mass is 35.5. The second-order valence-corrected chi connectivity index (χ2v) is 7.71. The molecule has 1 N–H and O–H groups in total. The van der Waals surface area contributed by atoms with Gasteiger partial charge in [-0.3, -0.25) is 4.79 Å². The predicted molar refractivity (Wildman–Crippen MR) is 122 cm³/mol. The summed E-state index contributed by atoms with van der Waals surface area (Å²) in [6, 6.07) is 7.99. The maximum atomic E-state index is 10.3. The number of hydrogen-bond acceptors (Lipinski definition) is 2. The standard InChI is InChI=1S/C24H31ClN2O2/c1-5-19(9-7-6-8-14-26-17-28)15-22-23(25)16-27(24(22)18(2)3)20-10-12-21(29-4)13-11-20/h5,10-13,15-18H,1,6-9,14H2,2-4H3,(H,26,28)/b19-15+. The number of carbonyl (C=O) groups excluding carboxylic acids is 1. The van der Waals surface area contributed by atoms with Crippen LogP contribution in [-0.2, 0) is 4.79 Å². The van der Waals surface area contributed by atoms with E-state index in [1.807, 2.05) is 36.5 Å². The quantitative estimate of drug-likeness (QED) is 0.257. The first-order valence-corrected chi connectivity index (χ1v) is 10.4. The van der Waals surface area contributed by atoms with Gasteiger partial charge in [0, 0.05) is 29.7 Å². The van der Waals surface area contributed by atoms with E-state index in [1.165, 1.54) is 11.3 Å². The van der Waals surface area contributed by atoms with E-state index in [0.717, 1.165) is 60.7 Å². The Morgan fingerprint density at radius 1 is 1.24 bits per heavy atom. The lowest BCUT2D eigenvalue weighted by Crippen LogP contribution is -2.11. The summed E-state index contributed by atoms with van der Waals surface area (Å²) in [6.45, 7) is 9.06. The van der Waals surface area contributed by atoms with E-state index in [-0.39, 0.29) is 0 Å². The maximum absolute atomic E-state index is 10.3. The van der Waals surface area contributed by atoms with E-state index >= 15 is 0 Å². The highest BCUT2D eigenvalue weighted by Crippen LogP contribution is 2.34. The molecule has 0 saturated carbocycles. The average molecular weight is 415 g/mol. The van der Waals surface area contributed by atoms with Crippen LogP contribution in [0.25, 0.3) is 11.8 Å². The third-order valence-corrected chi connectivity index (χ3v) is 5.20. The molecule has 0 aliphatic carbocycles. The summed E-state index contributed by atoms with van der Waals surface area (Å²) in [5.41, 5.74) is 4.45. The molecule has 0 saturated heterocycles.